The van der Waals surface area contributed by atoms with Crippen molar-refractivity contribution >= 4 is 18.0 Å². The number of benzene rings is 1. The van der Waals surface area contributed by atoms with Crippen LogP contribution in [0.3, 0.4) is 0 Å². The molecule has 1 aromatic carbocycles. The molecule has 1 amide bonds. The Morgan fingerprint density at radius 3 is 2.62 bits per heavy atom. The Morgan fingerprint density at radius 1 is 1.33 bits per heavy atom. The number of carbonyl (C=O) groups excluding carboxylic acids is 1. The maximum absolute atomic E-state index is 11.9. The molecule has 21 heavy (non-hydrogen) atoms. The fraction of sp³-hybridized carbons (Fsp3) is 0.412. The Hall–Kier alpha value is -2.10. The highest BCUT2D eigenvalue weighted by molar-refractivity contribution is 5.92. The quantitative estimate of drug-likeness (QED) is 0.758. The van der Waals surface area contributed by atoms with Crippen LogP contribution in [0.15, 0.2) is 24.3 Å². The summed E-state index contributed by atoms with van der Waals surface area (Å²) in [5, 5.41) is 11.6. The van der Waals surface area contributed by atoms with Crippen LogP contribution in [0, 0.1) is 13.8 Å². The second-order valence-electron chi connectivity index (χ2n) is 5.29. The molecule has 1 aromatic rings. The molecule has 0 saturated carbocycles. The van der Waals surface area contributed by atoms with Crippen molar-refractivity contribution in [2.75, 3.05) is 0 Å². The van der Waals surface area contributed by atoms with Crippen molar-refractivity contribution in [3.63, 3.8) is 0 Å². The van der Waals surface area contributed by atoms with Gasteiger partial charge >= 0.3 is 5.97 Å². The third-order valence-electron chi connectivity index (χ3n) is 3.24. The summed E-state index contributed by atoms with van der Waals surface area (Å²) >= 11 is 0. The average Bonchev–Trinajstić information content (AvgIpc) is 2.37. The summed E-state index contributed by atoms with van der Waals surface area (Å²) in [6, 6.07) is 5.70. The van der Waals surface area contributed by atoms with Crippen LogP contribution in [-0.4, -0.2) is 23.0 Å². The molecule has 0 saturated heterocycles. The van der Waals surface area contributed by atoms with E-state index in [1.54, 1.807) is 6.08 Å². The van der Waals surface area contributed by atoms with E-state index in [0.29, 0.717) is 6.42 Å². The summed E-state index contributed by atoms with van der Waals surface area (Å²) in [5.41, 5.74) is 3.27. The molecule has 4 nitrogen and oxygen atoms in total. The lowest BCUT2D eigenvalue weighted by Gasteiger charge is -2.14. The van der Waals surface area contributed by atoms with Gasteiger partial charge in [0.15, 0.2) is 0 Å². The van der Waals surface area contributed by atoms with Gasteiger partial charge in [0, 0.05) is 12.1 Å². The third kappa shape index (κ3) is 6.25. The van der Waals surface area contributed by atoms with Gasteiger partial charge in [-0.05, 0) is 37.5 Å². The maximum atomic E-state index is 11.9. The number of rotatable bonds is 7. The molecule has 0 aromatic heterocycles. The Bertz CT molecular complexity index is 535. The molecule has 0 heterocycles. The Balaban J connectivity index is 2.66. The van der Waals surface area contributed by atoms with E-state index in [1.807, 2.05) is 32.9 Å². The standard InChI is InChI=1S/C17H23NO3/c1-4-5-15(11-17(20)21)18-16(19)9-8-14-7-6-12(2)10-13(14)3/h6-10,15H,4-5,11H2,1-3H3,(H,18,19)(H,20,21)/b9-8+. The van der Waals surface area contributed by atoms with Crippen LogP contribution in [0.1, 0.15) is 42.9 Å². The van der Waals surface area contributed by atoms with Gasteiger partial charge in [0.05, 0.1) is 6.42 Å². The topological polar surface area (TPSA) is 66.4 Å². The first kappa shape index (κ1) is 17.0. The van der Waals surface area contributed by atoms with E-state index in [1.165, 1.54) is 11.6 Å². The summed E-state index contributed by atoms with van der Waals surface area (Å²) in [5.74, 6) is -1.15. The maximum Gasteiger partial charge on any atom is 0.305 e. The predicted molar refractivity (Wildman–Crippen MR) is 84.0 cm³/mol. The van der Waals surface area contributed by atoms with Gasteiger partial charge in [-0.3, -0.25) is 9.59 Å². The SMILES string of the molecule is CCCC(CC(=O)O)NC(=O)/C=C/c1ccc(C)cc1C. The fourth-order valence-electron chi connectivity index (χ4n) is 2.21. The van der Waals surface area contributed by atoms with Gasteiger partial charge in [-0.15, -0.1) is 0 Å². The molecule has 1 rings (SSSR count). The van der Waals surface area contributed by atoms with Gasteiger partial charge in [0.1, 0.15) is 0 Å². The molecule has 4 heteroatoms. The van der Waals surface area contributed by atoms with Crippen LogP contribution < -0.4 is 5.32 Å². The van der Waals surface area contributed by atoms with E-state index in [0.717, 1.165) is 17.5 Å². The van der Waals surface area contributed by atoms with Crippen LogP contribution in [-0.2, 0) is 9.59 Å². The van der Waals surface area contributed by atoms with Crippen molar-refractivity contribution in [2.45, 2.75) is 46.1 Å². The largest absolute Gasteiger partial charge is 0.481 e. The van der Waals surface area contributed by atoms with Gasteiger partial charge in [-0.25, -0.2) is 0 Å². The van der Waals surface area contributed by atoms with E-state index in [-0.39, 0.29) is 18.4 Å². The first-order valence-corrected chi connectivity index (χ1v) is 7.20. The van der Waals surface area contributed by atoms with Gasteiger partial charge in [-0.1, -0.05) is 37.1 Å². The molecule has 1 atom stereocenters. The number of aryl methyl sites for hydroxylation is 2. The predicted octanol–water partition coefficient (Wildman–Crippen LogP) is 3.08. The number of aliphatic carboxylic acids is 1. The smallest absolute Gasteiger partial charge is 0.305 e. The zero-order chi connectivity index (χ0) is 15.8. The molecule has 0 aliphatic heterocycles. The number of hydrogen-bond donors (Lipinski definition) is 2. The average molecular weight is 289 g/mol. The number of amides is 1. The number of carbonyl (C=O) groups is 2. The van der Waals surface area contributed by atoms with E-state index in [9.17, 15) is 9.59 Å². The third-order valence-corrected chi connectivity index (χ3v) is 3.24. The summed E-state index contributed by atoms with van der Waals surface area (Å²) in [4.78, 5) is 22.6. The highest BCUT2D eigenvalue weighted by Crippen LogP contribution is 2.12. The number of carboxylic acid groups (broad SMARTS) is 1. The van der Waals surface area contributed by atoms with Crippen molar-refractivity contribution in [3.05, 3.63) is 41.0 Å². The van der Waals surface area contributed by atoms with Crippen LogP contribution in [0.5, 0.6) is 0 Å². The second-order valence-corrected chi connectivity index (χ2v) is 5.29. The monoisotopic (exact) mass is 289 g/mol. The van der Waals surface area contributed by atoms with E-state index in [2.05, 4.69) is 11.4 Å². The van der Waals surface area contributed by atoms with E-state index in [4.69, 9.17) is 5.11 Å². The highest BCUT2D eigenvalue weighted by Gasteiger charge is 2.13. The Morgan fingerprint density at radius 2 is 2.05 bits per heavy atom. The van der Waals surface area contributed by atoms with Crippen molar-refractivity contribution in [2.24, 2.45) is 0 Å². The minimum Gasteiger partial charge on any atom is -0.481 e. The molecule has 0 aliphatic carbocycles. The molecule has 0 aliphatic rings. The van der Waals surface area contributed by atoms with Gasteiger partial charge in [0.2, 0.25) is 5.91 Å². The van der Waals surface area contributed by atoms with Crippen molar-refractivity contribution in [1.82, 2.24) is 5.32 Å². The van der Waals surface area contributed by atoms with Gasteiger partial charge in [-0.2, -0.15) is 0 Å². The Labute approximate surface area is 125 Å². The first-order valence-electron chi connectivity index (χ1n) is 7.20. The fourth-order valence-corrected chi connectivity index (χ4v) is 2.21. The number of hydrogen-bond acceptors (Lipinski definition) is 2. The highest BCUT2D eigenvalue weighted by atomic mass is 16.4. The zero-order valence-electron chi connectivity index (χ0n) is 12.8. The molecule has 0 spiro atoms. The lowest BCUT2D eigenvalue weighted by atomic mass is 10.1. The first-order chi connectivity index (χ1) is 9.92. The second kappa shape index (κ2) is 8.25. The van der Waals surface area contributed by atoms with E-state index >= 15 is 0 Å². The summed E-state index contributed by atoms with van der Waals surface area (Å²) in [6.07, 6.45) is 4.67. The summed E-state index contributed by atoms with van der Waals surface area (Å²) in [7, 11) is 0. The summed E-state index contributed by atoms with van der Waals surface area (Å²) < 4.78 is 0. The molecule has 0 fully saturated rings. The minimum atomic E-state index is -0.896. The molecular weight excluding hydrogens is 266 g/mol. The lowest BCUT2D eigenvalue weighted by Crippen LogP contribution is -2.35. The van der Waals surface area contributed by atoms with Gasteiger partial charge < -0.3 is 10.4 Å². The summed E-state index contributed by atoms with van der Waals surface area (Å²) in [6.45, 7) is 5.98. The molecule has 0 radical (unpaired) electrons. The molecular formula is C17H23NO3. The Kier molecular flexibility index (Phi) is 6.66. The number of nitrogens with one attached hydrogen (secondary N) is 1. The van der Waals surface area contributed by atoms with Crippen LogP contribution >= 0.6 is 0 Å². The van der Waals surface area contributed by atoms with Crippen molar-refractivity contribution in [3.8, 4) is 0 Å². The number of carboxylic acids is 1. The normalized spacial score (nSPS) is 12.3. The van der Waals surface area contributed by atoms with Crippen LogP contribution in [0.2, 0.25) is 0 Å². The van der Waals surface area contributed by atoms with E-state index < -0.39 is 5.97 Å². The minimum absolute atomic E-state index is 0.0447. The van der Waals surface area contributed by atoms with Crippen molar-refractivity contribution in [1.29, 1.82) is 0 Å². The lowest BCUT2D eigenvalue weighted by molar-refractivity contribution is -0.137. The van der Waals surface area contributed by atoms with Crippen molar-refractivity contribution < 1.29 is 14.7 Å². The zero-order valence-corrected chi connectivity index (χ0v) is 12.8. The van der Waals surface area contributed by atoms with Crippen LogP contribution in [0.4, 0.5) is 0 Å². The molecule has 1 unspecified atom stereocenters. The van der Waals surface area contributed by atoms with Crippen LogP contribution in [0.25, 0.3) is 6.08 Å². The molecule has 2 N–H and O–H groups in total. The molecule has 114 valence electrons. The van der Waals surface area contributed by atoms with Gasteiger partial charge in [0.25, 0.3) is 0 Å². The molecule has 0 bridgehead atoms.